The Kier molecular flexibility index (Phi) is 2.73. The second-order valence-corrected chi connectivity index (χ2v) is 4.15. The van der Waals surface area contributed by atoms with Gasteiger partial charge in [-0.1, -0.05) is 12.1 Å². The third kappa shape index (κ3) is 2.02. The Hall–Kier alpha value is -1.35. The molecule has 1 aromatic rings. The van der Waals surface area contributed by atoms with Crippen molar-refractivity contribution in [3.05, 3.63) is 29.8 Å². The van der Waals surface area contributed by atoms with Gasteiger partial charge in [0.05, 0.1) is 0 Å². The third-order valence-electron chi connectivity index (χ3n) is 2.85. The Bertz CT molecular complexity index is 376. The van der Waals surface area contributed by atoms with Crippen LogP contribution in [0.5, 0.6) is 0 Å². The summed E-state index contributed by atoms with van der Waals surface area (Å²) in [5.41, 5.74) is 7.76. The van der Waals surface area contributed by atoms with E-state index in [1.54, 1.807) is 0 Å². The summed E-state index contributed by atoms with van der Waals surface area (Å²) < 4.78 is 0. The molecule has 0 saturated carbocycles. The number of rotatable bonds is 2. The van der Waals surface area contributed by atoms with E-state index in [-0.39, 0.29) is 5.91 Å². The highest BCUT2D eigenvalue weighted by molar-refractivity contribution is 5.95. The monoisotopic (exact) mass is 204 g/mol. The number of hydrogen-bond donors (Lipinski definition) is 1. The van der Waals surface area contributed by atoms with Gasteiger partial charge < -0.3 is 10.6 Å². The summed E-state index contributed by atoms with van der Waals surface area (Å²) in [5.74, 6) is 0.508. The lowest BCUT2D eigenvalue weighted by atomic mass is 10.1. The number of carbonyl (C=O) groups excluding carboxylic acids is 1. The zero-order valence-electron chi connectivity index (χ0n) is 8.94. The van der Waals surface area contributed by atoms with Gasteiger partial charge in [-0.05, 0) is 37.1 Å². The second kappa shape index (κ2) is 4.03. The van der Waals surface area contributed by atoms with E-state index in [1.165, 1.54) is 5.56 Å². The maximum absolute atomic E-state index is 11.7. The van der Waals surface area contributed by atoms with Crippen molar-refractivity contribution < 1.29 is 4.79 Å². The lowest BCUT2D eigenvalue weighted by molar-refractivity contribution is -0.117. The molecule has 3 heteroatoms. The molecule has 0 aromatic heterocycles. The lowest BCUT2D eigenvalue weighted by Gasteiger charge is -2.16. The SMILES string of the molecule is Cc1cccc(N2CC(CN)CC2=O)c1. The number of nitrogens with zero attached hydrogens (tertiary/aromatic N) is 1. The van der Waals surface area contributed by atoms with Crippen molar-refractivity contribution in [1.29, 1.82) is 0 Å². The van der Waals surface area contributed by atoms with Crippen LogP contribution >= 0.6 is 0 Å². The number of benzene rings is 1. The summed E-state index contributed by atoms with van der Waals surface area (Å²) in [7, 11) is 0. The largest absolute Gasteiger partial charge is 0.330 e. The fourth-order valence-electron chi connectivity index (χ4n) is 1.98. The lowest BCUT2D eigenvalue weighted by Crippen LogP contribution is -2.25. The Balaban J connectivity index is 2.21. The first-order valence-electron chi connectivity index (χ1n) is 5.28. The molecule has 1 saturated heterocycles. The number of amides is 1. The zero-order valence-corrected chi connectivity index (χ0v) is 8.94. The predicted molar refractivity (Wildman–Crippen MR) is 60.7 cm³/mol. The van der Waals surface area contributed by atoms with Gasteiger partial charge in [-0.15, -0.1) is 0 Å². The minimum atomic E-state index is 0.191. The molecule has 15 heavy (non-hydrogen) atoms. The summed E-state index contributed by atoms with van der Waals surface area (Å²) >= 11 is 0. The van der Waals surface area contributed by atoms with Gasteiger partial charge in [-0.25, -0.2) is 0 Å². The van der Waals surface area contributed by atoms with Gasteiger partial charge in [-0.3, -0.25) is 4.79 Å². The molecule has 1 aliphatic heterocycles. The molecule has 1 fully saturated rings. The molecule has 1 unspecified atom stereocenters. The van der Waals surface area contributed by atoms with Crippen molar-refractivity contribution in [2.75, 3.05) is 18.0 Å². The van der Waals surface area contributed by atoms with E-state index in [0.29, 0.717) is 18.9 Å². The molecule has 0 bridgehead atoms. The van der Waals surface area contributed by atoms with Gasteiger partial charge >= 0.3 is 0 Å². The topological polar surface area (TPSA) is 46.3 Å². The van der Waals surface area contributed by atoms with Crippen LogP contribution in [0.2, 0.25) is 0 Å². The molecule has 1 aliphatic rings. The van der Waals surface area contributed by atoms with Crippen molar-refractivity contribution in [2.45, 2.75) is 13.3 Å². The maximum Gasteiger partial charge on any atom is 0.227 e. The molecule has 0 spiro atoms. The summed E-state index contributed by atoms with van der Waals surface area (Å²) in [6.07, 6.45) is 0.588. The van der Waals surface area contributed by atoms with Crippen LogP contribution in [0.3, 0.4) is 0 Å². The average molecular weight is 204 g/mol. The quantitative estimate of drug-likeness (QED) is 0.789. The number of hydrogen-bond acceptors (Lipinski definition) is 2. The number of carbonyl (C=O) groups is 1. The van der Waals surface area contributed by atoms with E-state index in [9.17, 15) is 4.79 Å². The van der Waals surface area contributed by atoms with Crippen LogP contribution in [0, 0.1) is 12.8 Å². The molecule has 3 nitrogen and oxygen atoms in total. The Morgan fingerprint density at radius 1 is 1.53 bits per heavy atom. The third-order valence-corrected chi connectivity index (χ3v) is 2.85. The first-order chi connectivity index (χ1) is 7.20. The first-order valence-corrected chi connectivity index (χ1v) is 5.28. The highest BCUT2D eigenvalue weighted by Gasteiger charge is 2.29. The van der Waals surface area contributed by atoms with Crippen molar-refractivity contribution in [1.82, 2.24) is 0 Å². The first kappa shape index (κ1) is 10.2. The van der Waals surface area contributed by atoms with Crippen LogP contribution in [0.25, 0.3) is 0 Å². The fourth-order valence-corrected chi connectivity index (χ4v) is 1.98. The minimum absolute atomic E-state index is 0.191. The molecule has 1 aromatic carbocycles. The van der Waals surface area contributed by atoms with Gasteiger partial charge in [0.15, 0.2) is 0 Å². The van der Waals surface area contributed by atoms with E-state index in [1.807, 2.05) is 36.1 Å². The molecular formula is C12H16N2O. The van der Waals surface area contributed by atoms with Crippen molar-refractivity contribution in [3.63, 3.8) is 0 Å². The number of aryl methyl sites for hydroxylation is 1. The zero-order chi connectivity index (χ0) is 10.8. The van der Waals surface area contributed by atoms with E-state index < -0.39 is 0 Å². The predicted octanol–water partition coefficient (Wildman–Crippen LogP) is 1.31. The van der Waals surface area contributed by atoms with Gasteiger partial charge in [0.25, 0.3) is 0 Å². The molecule has 2 N–H and O–H groups in total. The van der Waals surface area contributed by atoms with Gasteiger partial charge in [0, 0.05) is 18.7 Å². The maximum atomic E-state index is 11.7. The van der Waals surface area contributed by atoms with Gasteiger partial charge in [0.2, 0.25) is 5.91 Å². The van der Waals surface area contributed by atoms with Crippen molar-refractivity contribution >= 4 is 11.6 Å². The summed E-state index contributed by atoms with van der Waals surface area (Å²) in [6, 6.07) is 8.03. The van der Waals surface area contributed by atoms with E-state index in [4.69, 9.17) is 5.73 Å². The second-order valence-electron chi connectivity index (χ2n) is 4.15. The highest BCUT2D eigenvalue weighted by Crippen LogP contribution is 2.24. The fraction of sp³-hybridized carbons (Fsp3) is 0.417. The van der Waals surface area contributed by atoms with Crippen LogP contribution in [-0.2, 0) is 4.79 Å². The molecule has 1 heterocycles. The van der Waals surface area contributed by atoms with Gasteiger partial charge in [0.1, 0.15) is 0 Å². The van der Waals surface area contributed by atoms with E-state index >= 15 is 0 Å². The summed E-state index contributed by atoms with van der Waals surface area (Å²) in [4.78, 5) is 13.6. The average Bonchev–Trinajstić information content (AvgIpc) is 2.60. The van der Waals surface area contributed by atoms with Crippen LogP contribution in [0.1, 0.15) is 12.0 Å². The minimum Gasteiger partial charge on any atom is -0.330 e. The van der Waals surface area contributed by atoms with E-state index in [2.05, 4.69) is 0 Å². The number of nitrogens with two attached hydrogens (primary N) is 1. The van der Waals surface area contributed by atoms with Crippen LogP contribution in [-0.4, -0.2) is 19.0 Å². The number of anilines is 1. The molecule has 1 atom stereocenters. The normalized spacial score (nSPS) is 21.1. The van der Waals surface area contributed by atoms with Crippen molar-refractivity contribution in [2.24, 2.45) is 11.7 Å². The standard InChI is InChI=1S/C12H16N2O/c1-9-3-2-4-11(5-9)14-8-10(7-13)6-12(14)15/h2-5,10H,6-8,13H2,1H3. The molecular weight excluding hydrogens is 188 g/mol. The van der Waals surface area contributed by atoms with Crippen molar-refractivity contribution in [3.8, 4) is 0 Å². The molecule has 2 rings (SSSR count). The molecule has 1 amide bonds. The highest BCUT2D eigenvalue weighted by atomic mass is 16.2. The Labute approximate surface area is 89.9 Å². The van der Waals surface area contributed by atoms with Crippen LogP contribution < -0.4 is 10.6 Å². The summed E-state index contributed by atoms with van der Waals surface area (Å²) in [6.45, 7) is 3.39. The van der Waals surface area contributed by atoms with E-state index in [0.717, 1.165) is 12.2 Å². The Morgan fingerprint density at radius 3 is 2.93 bits per heavy atom. The smallest absolute Gasteiger partial charge is 0.227 e. The molecule has 0 aliphatic carbocycles. The molecule has 80 valence electrons. The van der Waals surface area contributed by atoms with Crippen LogP contribution in [0.4, 0.5) is 5.69 Å². The van der Waals surface area contributed by atoms with Gasteiger partial charge in [-0.2, -0.15) is 0 Å². The Morgan fingerprint density at radius 2 is 2.33 bits per heavy atom. The summed E-state index contributed by atoms with van der Waals surface area (Å²) in [5, 5.41) is 0. The molecule has 0 radical (unpaired) electrons. The van der Waals surface area contributed by atoms with Crippen LogP contribution in [0.15, 0.2) is 24.3 Å².